The number of hydrogen-bond acceptors (Lipinski definition) is 6. The van der Waals surface area contributed by atoms with Gasteiger partial charge in [-0.2, -0.15) is 0 Å². The standard InChI is InChI=1S/C2H8O7P2.Co.Na/c1-2(3,10(4,5)6)11(7,8)9;;/h3H,1H3,(H2,4,5,6)(H2,7,8,9);;/q;+2;+1/p-3. The van der Waals surface area contributed by atoms with E-state index in [9.17, 15) is 23.8 Å². The quantitative estimate of drug-likeness (QED) is 0.379. The van der Waals surface area contributed by atoms with Gasteiger partial charge in [0.2, 0.25) is 0 Å². The van der Waals surface area contributed by atoms with E-state index in [1.165, 1.54) is 0 Å². The van der Waals surface area contributed by atoms with Gasteiger partial charge in [-0.1, -0.05) is 0 Å². The normalized spacial score (nSPS) is 20.2. The summed E-state index contributed by atoms with van der Waals surface area (Å²) in [4.78, 5) is 38.1. The van der Waals surface area contributed by atoms with Gasteiger partial charge in [-0.15, -0.1) is 0 Å². The summed E-state index contributed by atoms with van der Waals surface area (Å²) in [6.45, 7) is 0.196. The van der Waals surface area contributed by atoms with E-state index in [0.29, 0.717) is 0 Å². The van der Waals surface area contributed by atoms with Crippen molar-refractivity contribution in [2.75, 3.05) is 0 Å². The maximum absolute atomic E-state index is 10.1. The molecule has 0 spiro atoms. The molecule has 0 amide bonds. The molecule has 1 radical (unpaired) electrons. The third kappa shape index (κ3) is 4.88. The van der Waals surface area contributed by atoms with Gasteiger partial charge in [0, 0.05) is 0 Å². The van der Waals surface area contributed by atoms with Gasteiger partial charge < -0.3 is 33.8 Å². The summed E-state index contributed by atoms with van der Waals surface area (Å²) in [5, 5.41) is 4.85. The minimum Gasteiger partial charge on any atom is -0.808 e. The van der Waals surface area contributed by atoms with Gasteiger partial charge >= 0.3 is 46.3 Å². The van der Waals surface area contributed by atoms with Gasteiger partial charge in [0.25, 0.3) is 0 Å². The van der Waals surface area contributed by atoms with E-state index in [4.69, 9.17) is 10.00 Å². The summed E-state index contributed by atoms with van der Waals surface area (Å²) in [7, 11) is -11.3. The fraction of sp³-hybridized carbons (Fsp3) is 1.00. The fourth-order valence-corrected chi connectivity index (χ4v) is 1.39. The fourth-order valence-electron chi connectivity index (χ4n) is 0.155. The molecule has 7 nitrogen and oxygen atoms in total. The molecule has 0 heterocycles. The molecule has 0 aliphatic heterocycles. The minimum absolute atomic E-state index is 0. The Kier molecular flexibility index (Phi) is 8.93. The first-order chi connectivity index (χ1) is 4.50. The zero-order chi connectivity index (χ0) is 9.50. The van der Waals surface area contributed by atoms with Crippen molar-refractivity contribution in [1.29, 1.82) is 0 Å². The molecule has 0 fully saturated rings. The average molecular weight is 285 g/mol. The van der Waals surface area contributed by atoms with E-state index < -0.39 is 20.3 Å². The van der Waals surface area contributed by atoms with Crippen molar-refractivity contribution in [1.82, 2.24) is 0 Å². The number of rotatable bonds is 2. The second kappa shape index (κ2) is 5.74. The van der Waals surface area contributed by atoms with Crippen molar-refractivity contribution < 1.29 is 80.1 Å². The van der Waals surface area contributed by atoms with E-state index in [1.807, 2.05) is 0 Å². The van der Waals surface area contributed by atoms with E-state index in [1.54, 1.807) is 0 Å². The number of aliphatic hydroxyl groups is 1. The van der Waals surface area contributed by atoms with Gasteiger partial charge in [0.1, 0.15) is 0 Å². The van der Waals surface area contributed by atoms with Crippen LogP contribution in [0.1, 0.15) is 6.92 Å². The Labute approximate surface area is 107 Å². The van der Waals surface area contributed by atoms with Crippen molar-refractivity contribution in [3.8, 4) is 0 Å². The van der Waals surface area contributed by atoms with E-state index in [-0.39, 0.29) is 53.3 Å². The molecule has 0 bridgehead atoms. The Bertz CT molecular complexity index is 217. The molecule has 0 rings (SSSR count). The van der Waals surface area contributed by atoms with Crippen LogP contribution in [0, 0.1) is 0 Å². The smallest absolute Gasteiger partial charge is 0.808 e. The Balaban J connectivity index is -0.000000500. The van der Waals surface area contributed by atoms with E-state index >= 15 is 0 Å². The zero-order valence-electron chi connectivity index (χ0n) is 6.66. The summed E-state index contributed by atoms with van der Waals surface area (Å²) in [6.07, 6.45) is 0. The van der Waals surface area contributed by atoms with E-state index in [0.717, 1.165) is 0 Å². The molecule has 0 aliphatic rings. The third-order valence-electron chi connectivity index (χ3n) is 1.05. The Morgan fingerprint density at radius 1 is 1.23 bits per heavy atom. The predicted molar refractivity (Wildman–Crippen MR) is 28.1 cm³/mol. The molecule has 2 atom stereocenters. The van der Waals surface area contributed by atoms with Crippen LogP contribution in [-0.4, -0.2) is 15.1 Å². The largest absolute Gasteiger partial charge is 2.00 e. The second-order valence-electron chi connectivity index (χ2n) is 1.99. The van der Waals surface area contributed by atoms with Crippen LogP contribution in [-0.2, 0) is 25.9 Å². The SMILES string of the molecule is CC(O)(P(=O)([O-])[O-])P(=O)([O-])O.[Co+2].[Na+]. The van der Waals surface area contributed by atoms with Crippen molar-refractivity contribution in [2.24, 2.45) is 0 Å². The molecular formula is C2H5CoNaO7P2. The number of hydrogen-bond donors (Lipinski definition) is 2. The molecule has 2 unspecified atom stereocenters. The molecule has 75 valence electrons. The monoisotopic (exact) mass is 285 g/mol. The first-order valence-electron chi connectivity index (χ1n) is 2.28. The minimum atomic E-state index is -5.76. The Morgan fingerprint density at radius 3 is 1.46 bits per heavy atom. The predicted octanol–water partition coefficient (Wildman–Crippen LogP) is -5.89. The van der Waals surface area contributed by atoms with Crippen molar-refractivity contribution in [2.45, 2.75) is 12.0 Å². The van der Waals surface area contributed by atoms with Crippen LogP contribution in [0.2, 0.25) is 0 Å². The molecule has 0 aliphatic carbocycles. The molecule has 0 aromatic heterocycles. The van der Waals surface area contributed by atoms with Crippen molar-refractivity contribution >= 4 is 15.2 Å². The summed E-state index contributed by atoms with van der Waals surface area (Å²) < 4.78 is 20.1. The summed E-state index contributed by atoms with van der Waals surface area (Å²) in [5.74, 6) is 0. The van der Waals surface area contributed by atoms with Gasteiger partial charge in [-0.05, 0) is 14.5 Å². The third-order valence-corrected chi connectivity index (χ3v) is 4.66. The zero-order valence-corrected chi connectivity index (χ0v) is 11.5. The second-order valence-corrected chi connectivity index (χ2v) is 6.12. The van der Waals surface area contributed by atoms with Gasteiger partial charge in [-0.3, -0.25) is 0 Å². The van der Waals surface area contributed by atoms with Crippen LogP contribution in [0.5, 0.6) is 0 Å². The molecule has 0 saturated carbocycles. The first kappa shape index (κ1) is 20.2. The van der Waals surface area contributed by atoms with Gasteiger partial charge in [0.05, 0.1) is 0 Å². The maximum atomic E-state index is 10.1. The van der Waals surface area contributed by atoms with Crippen molar-refractivity contribution in [3.63, 3.8) is 0 Å². The topological polar surface area (TPSA) is 144 Å². The molecular weight excluding hydrogens is 280 g/mol. The first-order valence-corrected chi connectivity index (χ1v) is 5.40. The maximum Gasteiger partial charge on any atom is 2.00 e. The summed E-state index contributed by atoms with van der Waals surface area (Å²) in [6, 6.07) is 0. The van der Waals surface area contributed by atoms with Crippen LogP contribution in [0.3, 0.4) is 0 Å². The van der Waals surface area contributed by atoms with Crippen molar-refractivity contribution in [3.05, 3.63) is 0 Å². The van der Waals surface area contributed by atoms with Crippen LogP contribution in [0.25, 0.3) is 0 Å². The molecule has 0 aromatic carbocycles. The van der Waals surface area contributed by atoms with Crippen LogP contribution >= 0.6 is 15.2 Å². The average Bonchev–Trinajstić information content (AvgIpc) is 1.58. The molecule has 2 N–H and O–H groups in total. The van der Waals surface area contributed by atoms with Crippen LogP contribution in [0.4, 0.5) is 0 Å². The Hall–Kier alpha value is 1.77. The van der Waals surface area contributed by atoms with Gasteiger partial charge in [-0.25, -0.2) is 0 Å². The molecule has 0 aromatic rings. The van der Waals surface area contributed by atoms with E-state index in [2.05, 4.69) is 0 Å². The molecule has 13 heavy (non-hydrogen) atoms. The van der Waals surface area contributed by atoms with Crippen LogP contribution in [0.15, 0.2) is 0 Å². The summed E-state index contributed by atoms with van der Waals surface area (Å²) in [5.41, 5.74) is 0. The van der Waals surface area contributed by atoms with Gasteiger partial charge in [0.15, 0.2) is 12.7 Å². The Morgan fingerprint density at radius 2 is 1.46 bits per heavy atom. The molecule has 11 heteroatoms. The summed E-state index contributed by atoms with van der Waals surface area (Å²) >= 11 is 0. The molecule has 0 saturated heterocycles. The van der Waals surface area contributed by atoms with Crippen LogP contribution < -0.4 is 44.2 Å².